The molecule has 1 saturated heterocycles. The van der Waals surface area contributed by atoms with Crippen LogP contribution in [0, 0.1) is 0 Å². The van der Waals surface area contributed by atoms with Crippen molar-refractivity contribution in [1.29, 1.82) is 0 Å². The van der Waals surface area contributed by atoms with Crippen LogP contribution in [0.4, 0.5) is 0 Å². The van der Waals surface area contributed by atoms with Crippen LogP contribution in [-0.4, -0.2) is 58.0 Å². The number of aromatic nitrogens is 2. The Bertz CT molecular complexity index is 340. The smallest absolute Gasteiger partial charge is 0.267 e. The van der Waals surface area contributed by atoms with Crippen molar-refractivity contribution < 1.29 is 4.79 Å². The zero-order valence-electron chi connectivity index (χ0n) is 8.88. The van der Waals surface area contributed by atoms with E-state index in [1.807, 2.05) is 4.90 Å². The summed E-state index contributed by atoms with van der Waals surface area (Å²) in [6.07, 6.45) is 1.54. The number of piperazine rings is 1. The van der Waals surface area contributed by atoms with Gasteiger partial charge >= 0.3 is 0 Å². The molecule has 2 rings (SSSR count). The molecule has 0 N–H and O–H groups in total. The molecule has 0 spiro atoms. The number of rotatable bonds is 1. The van der Waals surface area contributed by atoms with Gasteiger partial charge in [0.2, 0.25) is 0 Å². The van der Waals surface area contributed by atoms with E-state index in [0.717, 1.165) is 31.2 Å². The topological polar surface area (TPSA) is 49.3 Å². The molecule has 0 aliphatic carbocycles. The van der Waals surface area contributed by atoms with Gasteiger partial charge in [-0.05, 0) is 25.5 Å². The Balaban J connectivity index is 2.08. The number of carbonyl (C=O) groups excluding carboxylic acids is 1. The van der Waals surface area contributed by atoms with Crippen LogP contribution in [0.25, 0.3) is 0 Å². The zero-order valence-corrected chi connectivity index (χ0v) is 9.70. The summed E-state index contributed by atoms with van der Waals surface area (Å²) in [4.78, 5) is 16.8. The zero-order chi connectivity index (χ0) is 10.8. The summed E-state index contributed by atoms with van der Waals surface area (Å²) in [5, 5.41) is 3.69. The van der Waals surface area contributed by atoms with Crippen LogP contribution in [0.15, 0.2) is 6.20 Å². The maximum absolute atomic E-state index is 12.0. The molecule has 1 fully saturated rings. The Morgan fingerprint density at radius 1 is 1.60 bits per heavy atom. The molecule has 1 aliphatic rings. The summed E-state index contributed by atoms with van der Waals surface area (Å²) >= 11 is 1.16. The second-order valence-electron chi connectivity index (χ2n) is 3.89. The number of likely N-dealkylation sites (N-methyl/N-ethyl adjacent to an activating group) is 1. The van der Waals surface area contributed by atoms with Gasteiger partial charge in [-0.1, -0.05) is 4.49 Å². The van der Waals surface area contributed by atoms with Gasteiger partial charge < -0.3 is 9.80 Å². The number of amides is 1. The first kappa shape index (κ1) is 10.5. The highest BCUT2D eigenvalue weighted by atomic mass is 32.1. The monoisotopic (exact) mass is 226 g/mol. The molecule has 6 heteroatoms. The van der Waals surface area contributed by atoms with E-state index in [1.165, 1.54) is 6.20 Å². The summed E-state index contributed by atoms with van der Waals surface area (Å²) in [5.41, 5.74) is 0. The van der Waals surface area contributed by atoms with Crippen LogP contribution in [-0.2, 0) is 0 Å². The van der Waals surface area contributed by atoms with Gasteiger partial charge in [-0.15, -0.1) is 5.10 Å². The molecule has 0 bridgehead atoms. The molecule has 15 heavy (non-hydrogen) atoms. The van der Waals surface area contributed by atoms with Crippen molar-refractivity contribution in [2.24, 2.45) is 0 Å². The molecule has 1 amide bonds. The highest BCUT2D eigenvalue weighted by molar-refractivity contribution is 7.07. The molecule has 0 saturated carbocycles. The Morgan fingerprint density at radius 3 is 3.00 bits per heavy atom. The highest BCUT2D eigenvalue weighted by Crippen LogP contribution is 2.14. The van der Waals surface area contributed by atoms with Crippen molar-refractivity contribution >= 4 is 17.4 Å². The molecule has 1 aromatic heterocycles. The Hall–Kier alpha value is -1.01. The molecule has 5 nitrogen and oxygen atoms in total. The lowest BCUT2D eigenvalue weighted by atomic mass is 10.2. The van der Waals surface area contributed by atoms with E-state index in [9.17, 15) is 4.79 Å². The maximum atomic E-state index is 12.0. The molecule has 0 unspecified atom stereocenters. The number of nitrogens with zero attached hydrogens (tertiary/aromatic N) is 4. The van der Waals surface area contributed by atoms with Crippen LogP contribution < -0.4 is 0 Å². The number of hydrogen-bond donors (Lipinski definition) is 0. The largest absolute Gasteiger partial charge is 0.333 e. The lowest BCUT2D eigenvalue weighted by molar-refractivity contribution is 0.0538. The third-order valence-electron chi connectivity index (χ3n) is 2.66. The minimum absolute atomic E-state index is 0.0607. The van der Waals surface area contributed by atoms with Crippen molar-refractivity contribution in [3.8, 4) is 0 Å². The lowest BCUT2D eigenvalue weighted by Crippen LogP contribution is -2.52. The fraction of sp³-hybridized carbons (Fsp3) is 0.667. The molecule has 2 heterocycles. The molecule has 82 valence electrons. The predicted octanol–water partition coefficient (Wildman–Crippen LogP) is 0.314. The average molecular weight is 226 g/mol. The Kier molecular flexibility index (Phi) is 2.97. The average Bonchev–Trinajstić information content (AvgIpc) is 2.69. The van der Waals surface area contributed by atoms with Crippen LogP contribution in [0.1, 0.15) is 16.6 Å². The number of hydrogen-bond acceptors (Lipinski definition) is 5. The maximum Gasteiger partial charge on any atom is 0.267 e. The van der Waals surface area contributed by atoms with E-state index >= 15 is 0 Å². The molecular weight excluding hydrogens is 212 g/mol. The van der Waals surface area contributed by atoms with Gasteiger partial charge in [-0.25, -0.2) is 0 Å². The lowest BCUT2D eigenvalue weighted by Gasteiger charge is -2.37. The summed E-state index contributed by atoms with van der Waals surface area (Å²) in [5.74, 6) is 0.0607. The van der Waals surface area contributed by atoms with E-state index in [-0.39, 0.29) is 11.9 Å². The summed E-state index contributed by atoms with van der Waals surface area (Å²) < 4.78 is 3.71. The highest BCUT2D eigenvalue weighted by Gasteiger charge is 2.27. The van der Waals surface area contributed by atoms with Crippen molar-refractivity contribution in [2.45, 2.75) is 13.0 Å². The Morgan fingerprint density at radius 2 is 2.40 bits per heavy atom. The van der Waals surface area contributed by atoms with Crippen molar-refractivity contribution in [2.75, 3.05) is 26.7 Å². The van der Waals surface area contributed by atoms with Crippen LogP contribution in [0.3, 0.4) is 0 Å². The molecule has 0 aromatic carbocycles. The fourth-order valence-electron chi connectivity index (χ4n) is 1.84. The predicted molar refractivity (Wildman–Crippen MR) is 57.9 cm³/mol. The van der Waals surface area contributed by atoms with Crippen molar-refractivity contribution in [3.05, 3.63) is 11.1 Å². The second-order valence-corrected chi connectivity index (χ2v) is 4.68. The molecule has 1 aromatic rings. The van der Waals surface area contributed by atoms with Gasteiger partial charge in [0.15, 0.2) is 0 Å². The quantitative estimate of drug-likeness (QED) is 0.691. The normalized spacial score (nSPS) is 23.1. The minimum Gasteiger partial charge on any atom is -0.333 e. The van der Waals surface area contributed by atoms with Crippen LogP contribution in [0.5, 0.6) is 0 Å². The summed E-state index contributed by atoms with van der Waals surface area (Å²) in [6, 6.07) is 0.262. The Labute approximate surface area is 92.9 Å². The van der Waals surface area contributed by atoms with Crippen molar-refractivity contribution in [1.82, 2.24) is 19.4 Å². The number of carbonyl (C=O) groups is 1. The van der Waals surface area contributed by atoms with E-state index in [2.05, 4.69) is 28.5 Å². The van der Waals surface area contributed by atoms with Gasteiger partial charge in [0, 0.05) is 25.7 Å². The summed E-state index contributed by atoms with van der Waals surface area (Å²) in [6.45, 7) is 4.72. The third kappa shape index (κ3) is 2.15. The van der Waals surface area contributed by atoms with Crippen molar-refractivity contribution in [3.63, 3.8) is 0 Å². The molecule has 1 atom stereocenters. The van der Waals surface area contributed by atoms with Gasteiger partial charge in [-0.3, -0.25) is 4.79 Å². The first-order valence-corrected chi connectivity index (χ1v) is 5.72. The SMILES string of the molecule is C[C@H]1CN(C)CCN1C(=O)c1cnns1. The van der Waals surface area contributed by atoms with Gasteiger partial charge in [0.25, 0.3) is 5.91 Å². The van der Waals surface area contributed by atoms with Gasteiger partial charge in [0.05, 0.1) is 6.20 Å². The first-order chi connectivity index (χ1) is 7.18. The van der Waals surface area contributed by atoms with E-state index < -0.39 is 0 Å². The second kappa shape index (κ2) is 4.24. The van der Waals surface area contributed by atoms with E-state index in [1.54, 1.807) is 0 Å². The van der Waals surface area contributed by atoms with Crippen LogP contribution in [0.2, 0.25) is 0 Å². The van der Waals surface area contributed by atoms with E-state index in [4.69, 9.17) is 0 Å². The molecular formula is C9H14N4OS. The standard InChI is InChI=1S/C9H14N4OS/c1-7-6-12(2)3-4-13(7)9(14)8-5-10-11-15-8/h5,7H,3-4,6H2,1-2H3/t7-/m0/s1. The van der Waals surface area contributed by atoms with E-state index in [0.29, 0.717) is 4.88 Å². The molecule has 1 aliphatic heterocycles. The third-order valence-corrected chi connectivity index (χ3v) is 3.32. The van der Waals surface area contributed by atoms with Gasteiger partial charge in [0.1, 0.15) is 4.88 Å². The van der Waals surface area contributed by atoms with Gasteiger partial charge in [-0.2, -0.15) is 0 Å². The van der Waals surface area contributed by atoms with Crippen LogP contribution >= 0.6 is 11.5 Å². The molecule has 0 radical (unpaired) electrons. The minimum atomic E-state index is 0.0607. The summed E-state index contributed by atoms with van der Waals surface area (Å²) in [7, 11) is 2.08. The fourth-order valence-corrected chi connectivity index (χ4v) is 2.32. The first-order valence-electron chi connectivity index (χ1n) is 4.95.